The maximum Gasteiger partial charge on any atom is 0.342 e. The number of nitrogens with two attached hydrogens (primary N) is 1. The number of hydrogen-bond acceptors (Lipinski definition) is 5. The van der Waals surface area contributed by atoms with E-state index >= 15 is 0 Å². The number of rotatable bonds is 5. The number of hydrogen-bond donors (Lipinski definition) is 2. The highest BCUT2D eigenvalue weighted by atomic mass is 16.5. The lowest BCUT2D eigenvalue weighted by Gasteiger charge is -2.16. The monoisotopic (exact) mass is 327 g/mol. The number of pyridine rings is 1. The lowest BCUT2D eigenvalue weighted by atomic mass is 10.0. The van der Waals surface area contributed by atoms with Crippen LogP contribution < -0.4 is 11.1 Å². The Labute approximate surface area is 141 Å². The molecule has 0 saturated carbocycles. The highest BCUT2D eigenvalue weighted by Gasteiger charge is 2.15. The van der Waals surface area contributed by atoms with Gasteiger partial charge in [0.1, 0.15) is 11.4 Å². The molecule has 6 heteroatoms. The summed E-state index contributed by atoms with van der Waals surface area (Å²) in [7, 11) is 0. The molecule has 0 saturated heterocycles. The van der Waals surface area contributed by atoms with Gasteiger partial charge < -0.3 is 15.8 Å². The summed E-state index contributed by atoms with van der Waals surface area (Å²) in [4.78, 5) is 27.7. The third kappa shape index (κ3) is 4.32. The minimum atomic E-state index is -0.672. The minimum absolute atomic E-state index is 0.0754. The molecule has 1 heterocycles. The number of amides is 1. The van der Waals surface area contributed by atoms with Crippen LogP contribution in [0.4, 0.5) is 5.82 Å². The smallest absolute Gasteiger partial charge is 0.342 e. The van der Waals surface area contributed by atoms with E-state index in [4.69, 9.17) is 10.5 Å². The Kier molecular flexibility index (Phi) is 5.52. The van der Waals surface area contributed by atoms with Crippen LogP contribution in [-0.2, 0) is 9.53 Å². The van der Waals surface area contributed by atoms with E-state index in [-0.39, 0.29) is 29.9 Å². The van der Waals surface area contributed by atoms with Crippen LogP contribution >= 0.6 is 0 Å². The van der Waals surface area contributed by atoms with Gasteiger partial charge in [-0.2, -0.15) is 0 Å². The highest BCUT2D eigenvalue weighted by molar-refractivity contribution is 5.95. The first-order valence-corrected chi connectivity index (χ1v) is 7.62. The van der Waals surface area contributed by atoms with Crippen molar-refractivity contribution in [1.82, 2.24) is 10.3 Å². The van der Waals surface area contributed by atoms with Crippen molar-refractivity contribution in [2.75, 3.05) is 12.3 Å². The van der Waals surface area contributed by atoms with Gasteiger partial charge in [0, 0.05) is 6.20 Å². The van der Waals surface area contributed by atoms with Crippen LogP contribution in [0.15, 0.2) is 36.5 Å². The van der Waals surface area contributed by atoms with Gasteiger partial charge in [-0.05, 0) is 49.6 Å². The Morgan fingerprint density at radius 2 is 2.00 bits per heavy atom. The molecular formula is C18H21N3O3. The highest BCUT2D eigenvalue weighted by Crippen LogP contribution is 2.16. The molecule has 2 rings (SSSR count). The van der Waals surface area contributed by atoms with Gasteiger partial charge >= 0.3 is 5.97 Å². The van der Waals surface area contributed by atoms with Crippen molar-refractivity contribution in [3.63, 3.8) is 0 Å². The van der Waals surface area contributed by atoms with Gasteiger partial charge in [-0.25, -0.2) is 9.78 Å². The fourth-order valence-electron chi connectivity index (χ4n) is 2.20. The maximum atomic E-state index is 12.0. The zero-order valence-electron chi connectivity index (χ0n) is 14.0. The quantitative estimate of drug-likeness (QED) is 0.822. The van der Waals surface area contributed by atoms with Gasteiger partial charge in [-0.15, -0.1) is 0 Å². The van der Waals surface area contributed by atoms with Crippen molar-refractivity contribution in [3.05, 3.63) is 58.8 Å². The number of benzene rings is 1. The van der Waals surface area contributed by atoms with Crippen molar-refractivity contribution in [3.8, 4) is 0 Å². The molecule has 0 spiro atoms. The number of ether oxygens (including phenoxy) is 1. The third-order valence-electron chi connectivity index (χ3n) is 3.80. The van der Waals surface area contributed by atoms with Crippen molar-refractivity contribution in [2.45, 2.75) is 26.8 Å². The van der Waals surface area contributed by atoms with E-state index in [0.29, 0.717) is 0 Å². The van der Waals surface area contributed by atoms with E-state index in [1.54, 1.807) is 6.07 Å². The van der Waals surface area contributed by atoms with E-state index in [2.05, 4.69) is 10.3 Å². The predicted octanol–water partition coefficient (Wildman–Crippen LogP) is 2.31. The Hall–Kier alpha value is -2.89. The van der Waals surface area contributed by atoms with Crippen molar-refractivity contribution in [1.29, 1.82) is 0 Å². The summed E-state index contributed by atoms with van der Waals surface area (Å²) in [5, 5.41) is 2.80. The minimum Gasteiger partial charge on any atom is -0.452 e. The van der Waals surface area contributed by atoms with Crippen LogP contribution in [0.5, 0.6) is 0 Å². The molecule has 1 amide bonds. The zero-order valence-corrected chi connectivity index (χ0v) is 14.0. The van der Waals surface area contributed by atoms with Crippen molar-refractivity contribution in [2.24, 2.45) is 0 Å². The van der Waals surface area contributed by atoms with Crippen LogP contribution in [0, 0.1) is 13.8 Å². The van der Waals surface area contributed by atoms with Crippen LogP contribution in [0.2, 0.25) is 0 Å². The molecular weight excluding hydrogens is 306 g/mol. The fraction of sp³-hybridized carbons (Fsp3) is 0.278. The molecule has 0 aliphatic carbocycles. The van der Waals surface area contributed by atoms with Gasteiger partial charge in [0.15, 0.2) is 6.61 Å². The van der Waals surface area contributed by atoms with E-state index in [1.807, 2.05) is 39.0 Å². The Balaban J connectivity index is 1.90. The number of nitrogens with one attached hydrogen (secondary N) is 1. The third-order valence-corrected chi connectivity index (χ3v) is 3.80. The van der Waals surface area contributed by atoms with Gasteiger partial charge in [0.25, 0.3) is 5.91 Å². The molecule has 126 valence electrons. The molecule has 0 aliphatic heterocycles. The van der Waals surface area contributed by atoms with Crippen LogP contribution in [0.25, 0.3) is 0 Å². The molecule has 0 aliphatic rings. The molecule has 1 atom stereocenters. The standard InChI is InChI=1S/C18H21N3O3/c1-11-6-7-14(9-12(11)2)13(3)21-16(22)10-24-18(23)15-5-4-8-20-17(15)19/h4-9,13H,10H2,1-3H3,(H2,19,20)(H,21,22)/t13-/m0/s1. The van der Waals surface area contributed by atoms with Gasteiger partial charge in [-0.3, -0.25) is 4.79 Å². The Morgan fingerprint density at radius 3 is 2.67 bits per heavy atom. The summed E-state index contributed by atoms with van der Waals surface area (Å²) in [6.07, 6.45) is 1.48. The van der Waals surface area contributed by atoms with Crippen LogP contribution in [0.3, 0.4) is 0 Å². The number of nitrogen functional groups attached to an aromatic ring is 1. The summed E-state index contributed by atoms with van der Waals surface area (Å²) < 4.78 is 4.98. The molecule has 0 bridgehead atoms. The average molecular weight is 327 g/mol. The number of carbonyl (C=O) groups is 2. The van der Waals surface area contributed by atoms with E-state index in [1.165, 1.54) is 17.8 Å². The Bertz CT molecular complexity index is 759. The number of esters is 1. The maximum absolute atomic E-state index is 12.0. The number of nitrogens with zero attached hydrogens (tertiary/aromatic N) is 1. The summed E-state index contributed by atoms with van der Waals surface area (Å²) in [6.45, 7) is 5.56. The number of anilines is 1. The Morgan fingerprint density at radius 1 is 1.25 bits per heavy atom. The fourth-order valence-corrected chi connectivity index (χ4v) is 2.20. The van der Waals surface area contributed by atoms with E-state index in [0.717, 1.165) is 11.1 Å². The van der Waals surface area contributed by atoms with Gasteiger partial charge in [-0.1, -0.05) is 18.2 Å². The molecule has 2 aromatic rings. The number of aromatic nitrogens is 1. The second-order valence-electron chi connectivity index (χ2n) is 5.65. The molecule has 3 N–H and O–H groups in total. The van der Waals surface area contributed by atoms with Gasteiger partial charge in [0.05, 0.1) is 6.04 Å². The zero-order chi connectivity index (χ0) is 17.7. The first-order valence-electron chi connectivity index (χ1n) is 7.62. The topological polar surface area (TPSA) is 94.3 Å². The summed E-state index contributed by atoms with van der Waals surface area (Å²) in [5.74, 6) is -0.975. The molecule has 24 heavy (non-hydrogen) atoms. The second kappa shape index (κ2) is 7.59. The summed E-state index contributed by atoms with van der Waals surface area (Å²) >= 11 is 0. The van der Waals surface area contributed by atoms with E-state index < -0.39 is 5.97 Å². The molecule has 0 radical (unpaired) electrons. The van der Waals surface area contributed by atoms with Gasteiger partial charge in [0.2, 0.25) is 0 Å². The molecule has 0 fully saturated rings. The second-order valence-corrected chi connectivity index (χ2v) is 5.65. The first kappa shape index (κ1) is 17.5. The normalized spacial score (nSPS) is 11.6. The SMILES string of the molecule is Cc1ccc([C@H](C)NC(=O)COC(=O)c2cccnc2N)cc1C. The molecule has 1 aromatic heterocycles. The van der Waals surface area contributed by atoms with Crippen LogP contribution in [0.1, 0.15) is 40.0 Å². The first-order chi connectivity index (χ1) is 11.4. The summed E-state index contributed by atoms with van der Waals surface area (Å²) in [6, 6.07) is 8.91. The number of carbonyl (C=O) groups excluding carboxylic acids is 2. The van der Waals surface area contributed by atoms with Crippen LogP contribution in [-0.4, -0.2) is 23.5 Å². The van der Waals surface area contributed by atoms with Crippen molar-refractivity contribution < 1.29 is 14.3 Å². The lowest BCUT2D eigenvalue weighted by molar-refractivity contribution is -0.124. The van der Waals surface area contributed by atoms with E-state index in [9.17, 15) is 9.59 Å². The average Bonchev–Trinajstić information content (AvgIpc) is 2.55. The summed E-state index contributed by atoms with van der Waals surface area (Å²) in [5.41, 5.74) is 9.09. The largest absolute Gasteiger partial charge is 0.452 e. The number of aryl methyl sites for hydroxylation is 2. The van der Waals surface area contributed by atoms with Crippen molar-refractivity contribution >= 4 is 17.7 Å². The molecule has 1 aromatic carbocycles. The molecule has 0 unspecified atom stereocenters. The lowest BCUT2D eigenvalue weighted by Crippen LogP contribution is -2.31. The predicted molar refractivity (Wildman–Crippen MR) is 91.4 cm³/mol. The molecule has 6 nitrogen and oxygen atoms in total.